The van der Waals surface area contributed by atoms with Crippen LogP contribution in [-0.2, 0) is 14.3 Å². The van der Waals surface area contributed by atoms with E-state index in [-0.39, 0.29) is 12.5 Å². The van der Waals surface area contributed by atoms with Crippen molar-refractivity contribution in [2.45, 2.75) is 243 Å². The average molecular weight is 768 g/mol. The molecule has 0 aromatic heterocycles. The molecule has 0 spiro atoms. The summed E-state index contributed by atoms with van der Waals surface area (Å²) in [7, 11) is 0. The zero-order valence-corrected chi connectivity index (χ0v) is 34.7. The molecule has 9 heteroatoms. The van der Waals surface area contributed by atoms with Gasteiger partial charge in [-0.05, 0) is 44.9 Å². The monoisotopic (exact) mass is 768 g/mol. The van der Waals surface area contributed by atoms with Gasteiger partial charge >= 0.3 is 0 Å². The molecule has 0 bridgehead atoms. The van der Waals surface area contributed by atoms with Crippen molar-refractivity contribution in [1.29, 1.82) is 0 Å². The Bertz CT molecular complexity index is 899. The number of ether oxygens (including phenoxy) is 2. The molecule has 0 saturated carbocycles. The molecule has 0 aromatic carbocycles. The second kappa shape index (κ2) is 36.0. The van der Waals surface area contributed by atoms with Crippen molar-refractivity contribution < 1.29 is 39.8 Å². The van der Waals surface area contributed by atoms with E-state index in [0.717, 1.165) is 38.5 Å². The van der Waals surface area contributed by atoms with Gasteiger partial charge in [0.1, 0.15) is 24.4 Å². The minimum Gasteiger partial charge on any atom is -0.394 e. The summed E-state index contributed by atoms with van der Waals surface area (Å²) in [4.78, 5) is 12.9. The third-order valence-corrected chi connectivity index (χ3v) is 10.8. The lowest BCUT2D eigenvalue weighted by atomic mass is 9.99. The van der Waals surface area contributed by atoms with Gasteiger partial charge in [-0.2, -0.15) is 0 Å². The summed E-state index contributed by atoms with van der Waals surface area (Å²) < 4.78 is 11.2. The van der Waals surface area contributed by atoms with E-state index in [1.165, 1.54) is 141 Å². The van der Waals surface area contributed by atoms with E-state index in [2.05, 4.69) is 31.3 Å². The number of carbonyl (C=O) groups excluding carboxylic acids is 1. The van der Waals surface area contributed by atoms with Crippen molar-refractivity contribution in [2.75, 3.05) is 13.2 Å². The normalized spacial score (nSPS) is 21.6. The van der Waals surface area contributed by atoms with E-state index in [0.29, 0.717) is 6.42 Å². The quantitative estimate of drug-likeness (QED) is 0.0271. The van der Waals surface area contributed by atoms with Crippen molar-refractivity contribution in [2.24, 2.45) is 0 Å². The molecule has 54 heavy (non-hydrogen) atoms. The summed E-state index contributed by atoms with van der Waals surface area (Å²) in [6.07, 6.45) is 35.1. The zero-order valence-electron chi connectivity index (χ0n) is 34.7. The number of hydrogen-bond donors (Lipinski definition) is 6. The van der Waals surface area contributed by atoms with Gasteiger partial charge in [0.2, 0.25) is 5.91 Å². The number of allylic oxidation sites excluding steroid dienone is 3. The predicted molar refractivity (Wildman–Crippen MR) is 221 cm³/mol. The lowest BCUT2D eigenvalue weighted by molar-refractivity contribution is -0.302. The van der Waals surface area contributed by atoms with Gasteiger partial charge in [-0.25, -0.2) is 0 Å². The molecular weight excluding hydrogens is 682 g/mol. The van der Waals surface area contributed by atoms with Gasteiger partial charge in [0.25, 0.3) is 0 Å². The number of hydrogen-bond acceptors (Lipinski definition) is 8. The highest BCUT2D eigenvalue weighted by atomic mass is 16.7. The second-order valence-corrected chi connectivity index (χ2v) is 15.8. The van der Waals surface area contributed by atoms with Gasteiger partial charge < -0.3 is 40.3 Å². The van der Waals surface area contributed by atoms with Crippen molar-refractivity contribution in [3.05, 3.63) is 24.3 Å². The van der Waals surface area contributed by atoms with Gasteiger partial charge in [-0.3, -0.25) is 4.79 Å². The molecule has 1 aliphatic heterocycles. The van der Waals surface area contributed by atoms with Crippen LogP contribution in [0.2, 0.25) is 0 Å². The van der Waals surface area contributed by atoms with Crippen LogP contribution in [0.5, 0.6) is 0 Å². The Labute approximate surface area is 330 Å². The summed E-state index contributed by atoms with van der Waals surface area (Å²) >= 11 is 0. The van der Waals surface area contributed by atoms with Gasteiger partial charge in [0.05, 0.1) is 25.4 Å². The van der Waals surface area contributed by atoms with E-state index in [1.807, 2.05) is 6.08 Å². The van der Waals surface area contributed by atoms with Crippen molar-refractivity contribution in [1.82, 2.24) is 5.32 Å². The molecule has 1 heterocycles. The molecule has 0 radical (unpaired) electrons. The molecule has 6 N–H and O–H groups in total. The molecule has 1 rings (SSSR count). The Morgan fingerprint density at radius 1 is 0.611 bits per heavy atom. The van der Waals surface area contributed by atoms with Crippen LogP contribution in [-0.4, -0.2) is 87.5 Å². The van der Waals surface area contributed by atoms with Crippen LogP contribution in [0.1, 0.15) is 200 Å². The zero-order chi connectivity index (χ0) is 39.5. The highest BCUT2D eigenvalue weighted by Gasteiger charge is 2.44. The molecule has 9 nitrogen and oxygen atoms in total. The molecule has 1 fully saturated rings. The molecular formula is C45H85NO8. The topological polar surface area (TPSA) is 149 Å². The summed E-state index contributed by atoms with van der Waals surface area (Å²) in [5.41, 5.74) is 0. The van der Waals surface area contributed by atoms with Crippen LogP contribution in [0.25, 0.3) is 0 Å². The van der Waals surface area contributed by atoms with Gasteiger partial charge in [0.15, 0.2) is 6.29 Å². The SMILES string of the molecule is CCCCCCCC/C=C/CCCCCCCCCCCCCC(=O)N[C@@H](CO[C@H]1O[C@@H](CO)[C@H](O)C(O)C1O)[C@H](O)/C=C/CCCCCCCCCC. The standard InChI is InChI=1S/C45H85NO8/c1-3-5-7-9-11-13-15-16-17-18-19-20-21-22-23-24-25-27-29-31-33-35-41(49)46-38(37-53-45-44(52)43(51)42(50)40(36-47)54-45)39(48)34-32-30-28-26-14-12-10-8-6-4-2/h16-17,32,34,38-40,42-45,47-48,50-52H,3-15,18-31,33,35-37H2,1-2H3,(H,46,49)/b17-16+,34-32+/t38-,39+,40-,42-,43?,44?,45-/m0/s1. The molecule has 318 valence electrons. The van der Waals surface area contributed by atoms with Crippen molar-refractivity contribution in [3.63, 3.8) is 0 Å². The summed E-state index contributed by atoms with van der Waals surface area (Å²) in [5.74, 6) is -0.179. The van der Waals surface area contributed by atoms with Crippen LogP contribution in [0.15, 0.2) is 24.3 Å². The maximum atomic E-state index is 12.9. The molecule has 1 aliphatic rings. The highest BCUT2D eigenvalue weighted by Crippen LogP contribution is 2.22. The lowest BCUT2D eigenvalue weighted by Crippen LogP contribution is -2.60. The summed E-state index contributed by atoms with van der Waals surface area (Å²) in [5, 5.41) is 54.0. The molecule has 2 unspecified atom stereocenters. The fraction of sp³-hybridized carbons (Fsp3) is 0.889. The first-order valence-electron chi connectivity index (χ1n) is 22.6. The number of amides is 1. The average Bonchev–Trinajstić information content (AvgIpc) is 3.17. The molecule has 1 amide bonds. The third kappa shape index (κ3) is 26.5. The number of aliphatic hydroxyl groups is 5. The van der Waals surface area contributed by atoms with Crippen LogP contribution >= 0.6 is 0 Å². The van der Waals surface area contributed by atoms with Crippen LogP contribution in [0, 0.1) is 0 Å². The van der Waals surface area contributed by atoms with E-state index >= 15 is 0 Å². The minimum absolute atomic E-state index is 0.179. The van der Waals surface area contributed by atoms with E-state index in [1.54, 1.807) is 6.08 Å². The first-order chi connectivity index (χ1) is 26.3. The van der Waals surface area contributed by atoms with Crippen molar-refractivity contribution in [3.8, 4) is 0 Å². The number of unbranched alkanes of at least 4 members (excludes halogenated alkanes) is 25. The van der Waals surface area contributed by atoms with Crippen LogP contribution < -0.4 is 5.32 Å². The largest absolute Gasteiger partial charge is 0.394 e. The van der Waals surface area contributed by atoms with Gasteiger partial charge in [0, 0.05) is 6.42 Å². The van der Waals surface area contributed by atoms with Gasteiger partial charge in [-0.1, -0.05) is 173 Å². The second-order valence-electron chi connectivity index (χ2n) is 15.8. The Morgan fingerprint density at radius 3 is 1.50 bits per heavy atom. The smallest absolute Gasteiger partial charge is 0.220 e. The van der Waals surface area contributed by atoms with Crippen LogP contribution in [0.4, 0.5) is 0 Å². The molecule has 0 aliphatic carbocycles. The van der Waals surface area contributed by atoms with E-state index in [4.69, 9.17) is 9.47 Å². The number of carbonyl (C=O) groups is 1. The Kier molecular flexibility index (Phi) is 33.8. The number of aliphatic hydroxyl groups excluding tert-OH is 5. The first-order valence-corrected chi connectivity index (χ1v) is 22.6. The Morgan fingerprint density at radius 2 is 1.04 bits per heavy atom. The number of nitrogens with one attached hydrogen (secondary N) is 1. The third-order valence-electron chi connectivity index (χ3n) is 10.8. The minimum atomic E-state index is -1.56. The highest BCUT2D eigenvalue weighted by molar-refractivity contribution is 5.76. The summed E-state index contributed by atoms with van der Waals surface area (Å²) in [6, 6.07) is -0.800. The Balaban J connectivity index is 2.29. The van der Waals surface area contributed by atoms with Crippen molar-refractivity contribution >= 4 is 5.91 Å². The predicted octanol–water partition coefficient (Wildman–Crippen LogP) is 9.11. The lowest BCUT2D eigenvalue weighted by Gasteiger charge is -2.40. The van der Waals surface area contributed by atoms with Crippen LogP contribution in [0.3, 0.4) is 0 Å². The van der Waals surface area contributed by atoms with E-state index in [9.17, 15) is 30.3 Å². The summed E-state index contributed by atoms with van der Waals surface area (Å²) in [6.45, 7) is 3.74. The maximum Gasteiger partial charge on any atom is 0.220 e. The fourth-order valence-electron chi connectivity index (χ4n) is 7.09. The maximum absolute atomic E-state index is 12.9. The molecule has 0 aromatic rings. The Hall–Kier alpha value is -1.33. The fourth-order valence-corrected chi connectivity index (χ4v) is 7.09. The number of rotatable bonds is 37. The molecule has 1 saturated heterocycles. The first kappa shape index (κ1) is 50.7. The molecule has 7 atom stereocenters. The van der Waals surface area contributed by atoms with E-state index < -0.39 is 49.5 Å². The van der Waals surface area contributed by atoms with Gasteiger partial charge in [-0.15, -0.1) is 0 Å².